The maximum atomic E-state index is 8.94. The van der Waals surface area contributed by atoms with Gasteiger partial charge in [0.25, 0.3) is 0 Å². The van der Waals surface area contributed by atoms with E-state index in [0.717, 1.165) is 18.4 Å². The molecule has 0 spiro atoms. The Balaban J connectivity index is 0.000000921. The molecule has 0 fully saturated rings. The molecule has 0 atom stereocenters. The maximum Gasteiger partial charge on any atom is 0.488 e. The molecule has 2 nitrogen and oxygen atoms in total. The van der Waals surface area contributed by atoms with Crippen molar-refractivity contribution in [3.63, 3.8) is 0 Å². The van der Waals surface area contributed by atoms with Crippen molar-refractivity contribution < 1.29 is 10.0 Å². The summed E-state index contributed by atoms with van der Waals surface area (Å²) in [5.41, 5.74) is 1.49. The Kier molecular flexibility index (Phi) is 7.48. The molecule has 15 heavy (non-hydrogen) atoms. The SMILES string of the molecule is CC.CCCc1cc(Cl)cc(B(O)O)c1. The predicted molar refractivity (Wildman–Crippen MR) is 66.6 cm³/mol. The fraction of sp³-hybridized carbons (Fsp3) is 0.455. The van der Waals surface area contributed by atoms with Gasteiger partial charge in [0.2, 0.25) is 0 Å². The Morgan fingerprint density at radius 1 is 1.20 bits per heavy atom. The summed E-state index contributed by atoms with van der Waals surface area (Å²) in [6, 6.07) is 5.17. The number of halogens is 1. The van der Waals surface area contributed by atoms with Gasteiger partial charge in [0.05, 0.1) is 0 Å². The van der Waals surface area contributed by atoms with Gasteiger partial charge in [-0.2, -0.15) is 0 Å². The molecule has 1 aromatic rings. The van der Waals surface area contributed by atoms with Gasteiger partial charge in [0, 0.05) is 5.02 Å². The van der Waals surface area contributed by atoms with Gasteiger partial charge in [0.1, 0.15) is 0 Å². The Hall–Kier alpha value is -0.505. The van der Waals surface area contributed by atoms with Crippen molar-refractivity contribution in [3.05, 3.63) is 28.8 Å². The zero-order chi connectivity index (χ0) is 11.8. The molecule has 0 aliphatic carbocycles. The molecule has 2 N–H and O–H groups in total. The van der Waals surface area contributed by atoms with Crippen molar-refractivity contribution >= 4 is 24.2 Å². The second-order valence-electron chi connectivity index (χ2n) is 3.02. The molecule has 0 radical (unpaired) electrons. The van der Waals surface area contributed by atoms with Crippen LogP contribution in [0.25, 0.3) is 0 Å². The van der Waals surface area contributed by atoms with Gasteiger partial charge >= 0.3 is 7.12 Å². The Bertz CT molecular complexity index is 290. The second-order valence-corrected chi connectivity index (χ2v) is 3.45. The fourth-order valence-corrected chi connectivity index (χ4v) is 1.52. The van der Waals surface area contributed by atoms with E-state index >= 15 is 0 Å². The van der Waals surface area contributed by atoms with Crippen LogP contribution in [0.4, 0.5) is 0 Å². The van der Waals surface area contributed by atoms with E-state index in [2.05, 4.69) is 6.92 Å². The van der Waals surface area contributed by atoms with Crippen molar-refractivity contribution in [2.75, 3.05) is 0 Å². The Morgan fingerprint density at radius 3 is 2.27 bits per heavy atom. The summed E-state index contributed by atoms with van der Waals surface area (Å²) in [5, 5.41) is 18.4. The first-order valence-electron chi connectivity index (χ1n) is 5.29. The van der Waals surface area contributed by atoms with Crippen LogP contribution in [0.1, 0.15) is 32.8 Å². The summed E-state index contributed by atoms with van der Waals surface area (Å²) in [4.78, 5) is 0. The van der Waals surface area contributed by atoms with Gasteiger partial charge < -0.3 is 10.0 Å². The molecule has 0 amide bonds. The summed E-state index contributed by atoms with van der Waals surface area (Å²) in [6.45, 7) is 6.07. The summed E-state index contributed by atoms with van der Waals surface area (Å²) in [6.07, 6.45) is 1.92. The highest BCUT2D eigenvalue weighted by atomic mass is 35.5. The third kappa shape index (κ3) is 5.21. The lowest BCUT2D eigenvalue weighted by Gasteiger charge is -2.04. The van der Waals surface area contributed by atoms with E-state index < -0.39 is 7.12 Å². The normalized spacial score (nSPS) is 9.20. The topological polar surface area (TPSA) is 40.5 Å². The Morgan fingerprint density at radius 2 is 1.80 bits per heavy atom. The predicted octanol–water partition coefficient (Wildman–Crippen LogP) is 2.00. The lowest BCUT2D eigenvalue weighted by molar-refractivity contribution is 0.425. The number of hydrogen-bond acceptors (Lipinski definition) is 2. The van der Waals surface area contributed by atoms with Gasteiger partial charge in [-0.15, -0.1) is 0 Å². The van der Waals surface area contributed by atoms with Crippen molar-refractivity contribution in [1.29, 1.82) is 0 Å². The van der Waals surface area contributed by atoms with Gasteiger partial charge in [-0.05, 0) is 29.6 Å². The van der Waals surface area contributed by atoms with Crippen molar-refractivity contribution in [2.24, 2.45) is 0 Å². The monoisotopic (exact) mass is 228 g/mol. The third-order valence-electron chi connectivity index (χ3n) is 1.82. The summed E-state index contributed by atoms with van der Waals surface area (Å²) in [7, 11) is -1.44. The minimum absolute atomic E-state index is 0.455. The largest absolute Gasteiger partial charge is 0.488 e. The maximum absolute atomic E-state index is 8.94. The molecule has 0 aromatic heterocycles. The number of hydrogen-bond donors (Lipinski definition) is 2. The minimum atomic E-state index is -1.44. The summed E-state index contributed by atoms with van der Waals surface area (Å²) >= 11 is 5.81. The first-order valence-corrected chi connectivity index (χ1v) is 5.66. The molecule has 0 aliphatic heterocycles. The summed E-state index contributed by atoms with van der Waals surface area (Å²) < 4.78 is 0. The molecular formula is C11H18BClO2. The van der Waals surface area contributed by atoms with Crippen LogP contribution in [-0.4, -0.2) is 17.2 Å². The van der Waals surface area contributed by atoms with Crippen molar-refractivity contribution in [2.45, 2.75) is 33.6 Å². The molecule has 4 heteroatoms. The molecule has 0 saturated heterocycles. The highest BCUT2D eigenvalue weighted by Crippen LogP contribution is 2.11. The zero-order valence-corrected chi connectivity index (χ0v) is 10.3. The third-order valence-corrected chi connectivity index (χ3v) is 2.03. The standard InChI is InChI=1S/C9H12BClO2.C2H6/c1-2-3-7-4-8(10(12)13)6-9(11)5-7;1-2/h4-6,12-13H,2-3H2,1H3;1-2H3. The number of rotatable bonds is 3. The molecule has 1 rings (SSSR count). The highest BCUT2D eigenvalue weighted by molar-refractivity contribution is 6.59. The van der Waals surface area contributed by atoms with Gasteiger partial charge in [-0.25, -0.2) is 0 Å². The first-order chi connectivity index (χ1) is 7.13. The lowest BCUT2D eigenvalue weighted by atomic mass is 9.79. The fourth-order valence-electron chi connectivity index (χ4n) is 1.26. The van der Waals surface area contributed by atoms with E-state index in [1.165, 1.54) is 0 Å². The quantitative estimate of drug-likeness (QED) is 0.777. The average molecular weight is 229 g/mol. The van der Waals surface area contributed by atoms with Crippen LogP contribution in [0, 0.1) is 0 Å². The van der Waals surface area contributed by atoms with Crippen molar-refractivity contribution in [3.8, 4) is 0 Å². The molecule has 0 aliphatic rings. The van der Waals surface area contributed by atoms with Gasteiger partial charge in [-0.3, -0.25) is 0 Å². The van der Waals surface area contributed by atoms with Gasteiger partial charge in [-0.1, -0.05) is 44.9 Å². The first kappa shape index (κ1) is 14.5. The zero-order valence-electron chi connectivity index (χ0n) is 9.50. The van der Waals surface area contributed by atoms with E-state index in [1.54, 1.807) is 12.1 Å². The average Bonchev–Trinajstić information content (AvgIpc) is 2.20. The van der Waals surface area contributed by atoms with Gasteiger partial charge in [0.15, 0.2) is 0 Å². The minimum Gasteiger partial charge on any atom is -0.423 e. The van der Waals surface area contributed by atoms with Crippen LogP contribution >= 0.6 is 11.6 Å². The number of aryl methyl sites for hydroxylation is 1. The van der Waals surface area contributed by atoms with E-state index in [9.17, 15) is 0 Å². The number of benzene rings is 1. The molecular weight excluding hydrogens is 210 g/mol. The van der Waals surface area contributed by atoms with E-state index in [4.69, 9.17) is 21.6 Å². The highest BCUT2D eigenvalue weighted by Gasteiger charge is 2.11. The van der Waals surface area contributed by atoms with E-state index in [-0.39, 0.29) is 0 Å². The molecule has 0 saturated carbocycles. The van der Waals surface area contributed by atoms with Crippen LogP contribution in [-0.2, 0) is 6.42 Å². The van der Waals surface area contributed by atoms with E-state index in [0.29, 0.717) is 10.5 Å². The summed E-state index contributed by atoms with van der Waals surface area (Å²) in [5.74, 6) is 0. The van der Waals surface area contributed by atoms with Crippen molar-refractivity contribution in [1.82, 2.24) is 0 Å². The Labute approximate surface area is 97.0 Å². The van der Waals surface area contributed by atoms with Crippen LogP contribution in [0.2, 0.25) is 5.02 Å². The molecule has 0 bridgehead atoms. The van der Waals surface area contributed by atoms with Crippen LogP contribution < -0.4 is 5.46 Å². The lowest BCUT2D eigenvalue weighted by Crippen LogP contribution is -2.30. The van der Waals surface area contributed by atoms with Crippen LogP contribution in [0.3, 0.4) is 0 Å². The molecule has 1 aromatic carbocycles. The second kappa shape index (κ2) is 7.74. The molecule has 84 valence electrons. The van der Waals surface area contributed by atoms with Crippen LogP contribution in [0.5, 0.6) is 0 Å². The van der Waals surface area contributed by atoms with E-state index in [1.807, 2.05) is 19.9 Å². The smallest absolute Gasteiger partial charge is 0.423 e. The van der Waals surface area contributed by atoms with Crippen LogP contribution in [0.15, 0.2) is 18.2 Å². The molecule has 0 heterocycles. The molecule has 0 unspecified atom stereocenters.